The van der Waals surface area contributed by atoms with Crippen LogP contribution < -0.4 is 4.84 Å². The van der Waals surface area contributed by atoms with E-state index in [-0.39, 0.29) is 0 Å². The van der Waals surface area contributed by atoms with Gasteiger partial charge in [0.2, 0.25) is 0 Å². The van der Waals surface area contributed by atoms with E-state index < -0.39 is 0 Å². The smallest absolute Gasteiger partial charge is 0.0470 e. The summed E-state index contributed by atoms with van der Waals surface area (Å²) in [6.45, 7) is 2.19. The second kappa shape index (κ2) is 6.01. The van der Waals surface area contributed by atoms with Crippen LogP contribution in [0.3, 0.4) is 0 Å². The monoisotopic (exact) mass is 197 g/mol. The van der Waals surface area contributed by atoms with Gasteiger partial charge in [0.25, 0.3) is 0 Å². The second-order valence-corrected chi connectivity index (χ2v) is 3.43. The van der Waals surface area contributed by atoms with Crippen LogP contribution in [0.1, 0.15) is 37.8 Å². The van der Waals surface area contributed by atoms with Crippen LogP contribution in [0, 0.1) is 0 Å². The molecule has 0 aliphatic heterocycles. The summed E-state index contributed by atoms with van der Waals surface area (Å²) in [4.78, 5) is 2.83. The average Bonchev–Trinajstić information content (AvgIpc) is 2.21. The van der Waals surface area contributed by atoms with Crippen molar-refractivity contribution in [2.75, 3.05) is 0 Å². The summed E-state index contributed by atoms with van der Waals surface area (Å²) in [6, 6.07) is 10.6. The van der Waals surface area contributed by atoms with Crippen LogP contribution in [0.25, 0.3) is 0 Å². The zero-order valence-electron chi connectivity index (χ0n) is 7.96. The van der Waals surface area contributed by atoms with Gasteiger partial charge in [-0.25, -0.2) is 4.84 Å². The number of hydrogen-bond acceptors (Lipinski definition) is 1. The van der Waals surface area contributed by atoms with Gasteiger partial charge in [-0.15, -0.1) is 0 Å². The van der Waals surface area contributed by atoms with Crippen molar-refractivity contribution in [3.8, 4) is 0 Å². The maximum atomic E-state index is 5.69. The van der Waals surface area contributed by atoms with Gasteiger partial charge in [-0.3, -0.25) is 0 Å². The number of unbranched alkanes of at least 4 members (excludes halogenated alkanes) is 1. The van der Waals surface area contributed by atoms with Gasteiger partial charge in [-0.1, -0.05) is 50.1 Å². The highest BCUT2D eigenvalue weighted by molar-refractivity contribution is 6.13. The first-order chi connectivity index (χ1) is 6.38. The molecule has 0 unspecified atom stereocenters. The lowest BCUT2D eigenvalue weighted by atomic mass is 10.0. The van der Waals surface area contributed by atoms with Crippen molar-refractivity contribution >= 4 is 11.8 Å². The zero-order chi connectivity index (χ0) is 9.52. The summed E-state index contributed by atoms with van der Waals surface area (Å²) in [7, 11) is 0. The maximum Gasteiger partial charge on any atom is 0.0470 e. The number of nitrogens with one attached hydrogen (secondary N) is 1. The summed E-state index contributed by atoms with van der Waals surface area (Å²) >= 11 is 5.69. The van der Waals surface area contributed by atoms with Gasteiger partial charge in [0.1, 0.15) is 0 Å². The molecule has 0 heterocycles. The molecule has 1 nitrogen and oxygen atoms in total. The van der Waals surface area contributed by atoms with Crippen molar-refractivity contribution in [2.45, 2.75) is 32.2 Å². The lowest BCUT2D eigenvalue weighted by Gasteiger charge is -2.13. The first kappa shape index (κ1) is 10.6. The van der Waals surface area contributed by atoms with E-state index in [1.54, 1.807) is 0 Å². The van der Waals surface area contributed by atoms with E-state index >= 15 is 0 Å². The topological polar surface area (TPSA) is 12.0 Å². The van der Waals surface area contributed by atoms with Gasteiger partial charge in [-0.2, -0.15) is 0 Å². The minimum atomic E-state index is 0.294. The summed E-state index contributed by atoms with van der Waals surface area (Å²) in [5.41, 5.74) is 1.27. The third-order valence-electron chi connectivity index (χ3n) is 2.18. The highest BCUT2D eigenvalue weighted by atomic mass is 35.5. The van der Waals surface area contributed by atoms with Crippen LogP contribution in [-0.4, -0.2) is 0 Å². The van der Waals surface area contributed by atoms with Crippen LogP contribution in [0.2, 0.25) is 0 Å². The van der Waals surface area contributed by atoms with Crippen molar-refractivity contribution < 1.29 is 0 Å². The fourth-order valence-electron chi connectivity index (χ4n) is 1.38. The standard InChI is InChI=1S/C11H16ClN/c1-2-3-9-11(13-12)10-7-5-4-6-8-10/h4-8,11,13H,2-3,9H2,1H3/t11-/m0/s1. The molecule has 72 valence electrons. The molecule has 1 N–H and O–H groups in total. The lowest BCUT2D eigenvalue weighted by Crippen LogP contribution is -2.10. The van der Waals surface area contributed by atoms with E-state index in [2.05, 4.69) is 23.9 Å². The first-order valence-corrected chi connectivity index (χ1v) is 5.17. The van der Waals surface area contributed by atoms with E-state index in [0.717, 1.165) is 6.42 Å². The molecule has 0 aliphatic carbocycles. The minimum Gasteiger partial charge on any atom is -0.226 e. The molecule has 13 heavy (non-hydrogen) atoms. The molecule has 0 aromatic heterocycles. The van der Waals surface area contributed by atoms with Crippen molar-refractivity contribution in [1.82, 2.24) is 4.84 Å². The van der Waals surface area contributed by atoms with Crippen LogP contribution in [0.5, 0.6) is 0 Å². The third kappa shape index (κ3) is 3.37. The Morgan fingerprint density at radius 1 is 1.31 bits per heavy atom. The molecule has 0 aliphatic rings. The van der Waals surface area contributed by atoms with Crippen LogP contribution >= 0.6 is 11.8 Å². The van der Waals surface area contributed by atoms with Gasteiger partial charge in [0.05, 0.1) is 0 Å². The van der Waals surface area contributed by atoms with E-state index in [9.17, 15) is 0 Å². The molecule has 0 spiro atoms. The number of hydrogen-bond donors (Lipinski definition) is 1. The first-order valence-electron chi connectivity index (χ1n) is 4.79. The summed E-state index contributed by atoms with van der Waals surface area (Å²) in [5.74, 6) is 0. The quantitative estimate of drug-likeness (QED) is 0.711. The Bertz CT molecular complexity index is 223. The summed E-state index contributed by atoms with van der Waals surface area (Å²) in [5, 5.41) is 0. The Morgan fingerprint density at radius 3 is 2.54 bits per heavy atom. The van der Waals surface area contributed by atoms with Gasteiger partial charge >= 0.3 is 0 Å². The summed E-state index contributed by atoms with van der Waals surface area (Å²) in [6.07, 6.45) is 3.52. The molecular weight excluding hydrogens is 182 g/mol. The molecule has 0 bridgehead atoms. The summed E-state index contributed by atoms with van der Waals surface area (Å²) < 4.78 is 0. The number of benzene rings is 1. The molecule has 1 aromatic carbocycles. The van der Waals surface area contributed by atoms with Crippen molar-refractivity contribution in [2.24, 2.45) is 0 Å². The molecule has 0 amide bonds. The average molecular weight is 198 g/mol. The molecule has 0 fully saturated rings. The zero-order valence-corrected chi connectivity index (χ0v) is 8.72. The predicted octanol–water partition coefficient (Wildman–Crippen LogP) is 3.66. The number of halogens is 1. The predicted molar refractivity (Wildman–Crippen MR) is 57.7 cm³/mol. The minimum absolute atomic E-state index is 0.294. The van der Waals surface area contributed by atoms with Gasteiger partial charge in [-0.05, 0) is 23.8 Å². The largest absolute Gasteiger partial charge is 0.226 e. The molecule has 1 rings (SSSR count). The second-order valence-electron chi connectivity index (χ2n) is 3.21. The Morgan fingerprint density at radius 2 is 2.00 bits per heavy atom. The highest BCUT2D eigenvalue weighted by Crippen LogP contribution is 2.19. The molecule has 1 aromatic rings. The fraction of sp³-hybridized carbons (Fsp3) is 0.455. The molecule has 0 saturated heterocycles. The molecule has 2 heteroatoms. The van der Waals surface area contributed by atoms with Crippen molar-refractivity contribution in [1.29, 1.82) is 0 Å². The third-order valence-corrected chi connectivity index (χ3v) is 2.44. The van der Waals surface area contributed by atoms with Gasteiger partial charge in [0, 0.05) is 6.04 Å². The van der Waals surface area contributed by atoms with Gasteiger partial charge < -0.3 is 0 Å². The Hall–Kier alpha value is -0.530. The van der Waals surface area contributed by atoms with E-state index in [1.165, 1.54) is 18.4 Å². The molecule has 0 radical (unpaired) electrons. The Kier molecular flexibility index (Phi) is 4.87. The molecule has 0 saturated carbocycles. The van der Waals surface area contributed by atoms with E-state index in [1.807, 2.05) is 18.2 Å². The van der Waals surface area contributed by atoms with Crippen molar-refractivity contribution in [3.63, 3.8) is 0 Å². The Balaban J connectivity index is 2.56. The number of rotatable bonds is 5. The maximum absolute atomic E-state index is 5.69. The van der Waals surface area contributed by atoms with Gasteiger partial charge in [0.15, 0.2) is 0 Å². The molecule has 1 atom stereocenters. The highest BCUT2D eigenvalue weighted by Gasteiger charge is 2.07. The van der Waals surface area contributed by atoms with Crippen molar-refractivity contribution in [3.05, 3.63) is 35.9 Å². The van der Waals surface area contributed by atoms with Crippen LogP contribution in [0.4, 0.5) is 0 Å². The molecular formula is C11H16ClN. The van der Waals surface area contributed by atoms with Crippen LogP contribution in [-0.2, 0) is 0 Å². The van der Waals surface area contributed by atoms with Crippen LogP contribution in [0.15, 0.2) is 30.3 Å². The lowest BCUT2D eigenvalue weighted by molar-refractivity contribution is 0.569. The van der Waals surface area contributed by atoms with E-state index in [0.29, 0.717) is 6.04 Å². The SMILES string of the molecule is CCCC[C@H](NCl)c1ccccc1. The fourth-order valence-corrected chi connectivity index (χ4v) is 1.61. The normalized spacial score (nSPS) is 12.8. The Labute approximate surface area is 85.2 Å². The van der Waals surface area contributed by atoms with E-state index in [4.69, 9.17) is 11.8 Å².